The van der Waals surface area contributed by atoms with Crippen LogP contribution in [0.15, 0.2) is 12.2 Å². The molecule has 0 spiro atoms. The third kappa shape index (κ3) is 9.12. The predicted molar refractivity (Wildman–Crippen MR) is 54.5 cm³/mol. The molecule has 0 bridgehead atoms. The van der Waals surface area contributed by atoms with E-state index >= 15 is 0 Å². The smallest absolute Gasteiger partial charge is 0.330 e. The van der Waals surface area contributed by atoms with Crippen molar-refractivity contribution >= 4 is 5.97 Å². The van der Waals surface area contributed by atoms with Gasteiger partial charge in [0.2, 0.25) is 0 Å². The minimum Gasteiger partial charge on any atom is -0.463 e. The fourth-order valence-corrected chi connectivity index (χ4v) is 0.867. The van der Waals surface area contributed by atoms with E-state index in [9.17, 15) is 4.79 Å². The lowest BCUT2D eigenvalue weighted by molar-refractivity contribution is -0.137. The molecule has 0 aromatic rings. The Morgan fingerprint density at radius 3 is 2.54 bits per heavy atom. The van der Waals surface area contributed by atoms with Crippen LogP contribution in [-0.2, 0) is 9.53 Å². The zero-order valence-electron chi connectivity index (χ0n) is 8.71. The summed E-state index contributed by atoms with van der Waals surface area (Å²) in [6.45, 7) is 4.76. The average molecular weight is 184 g/mol. The molecule has 0 aliphatic rings. The monoisotopic (exact) mass is 184 g/mol. The summed E-state index contributed by atoms with van der Waals surface area (Å²) in [6.07, 6.45) is 8.71. The molecule has 0 saturated heterocycles. The van der Waals surface area contributed by atoms with Crippen LogP contribution in [-0.4, -0.2) is 12.6 Å². The predicted octanol–water partition coefficient (Wildman–Crippen LogP) is 3.08. The van der Waals surface area contributed by atoms with Gasteiger partial charge in [-0.1, -0.05) is 39.2 Å². The molecule has 0 saturated carbocycles. The Labute approximate surface area is 81.0 Å². The van der Waals surface area contributed by atoms with Crippen LogP contribution in [0.5, 0.6) is 0 Å². The second-order valence-corrected chi connectivity index (χ2v) is 3.07. The van der Waals surface area contributed by atoms with Crippen LogP contribution in [0.3, 0.4) is 0 Å². The highest BCUT2D eigenvalue weighted by Crippen LogP contribution is 1.96. The van der Waals surface area contributed by atoms with Crippen molar-refractivity contribution in [3.8, 4) is 0 Å². The number of carbonyl (C=O) groups excluding carboxylic acids is 1. The molecule has 0 aromatic heterocycles. The number of hydrogen-bond acceptors (Lipinski definition) is 2. The fraction of sp³-hybridized carbons (Fsp3) is 0.727. The van der Waals surface area contributed by atoms with Crippen molar-refractivity contribution in [2.24, 2.45) is 0 Å². The van der Waals surface area contributed by atoms with Crippen LogP contribution >= 0.6 is 0 Å². The van der Waals surface area contributed by atoms with Gasteiger partial charge in [0.1, 0.15) is 0 Å². The van der Waals surface area contributed by atoms with E-state index in [-0.39, 0.29) is 5.97 Å². The summed E-state index contributed by atoms with van der Waals surface area (Å²) in [5.41, 5.74) is 0. The zero-order chi connectivity index (χ0) is 9.94. The fourth-order valence-electron chi connectivity index (χ4n) is 0.867. The van der Waals surface area contributed by atoms with Crippen LogP contribution in [0.25, 0.3) is 0 Å². The number of unbranched alkanes of at least 4 members (excludes halogenated alkanes) is 3. The Balaban J connectivity index is 3.33. The van der Waals surface area contributed by atoms with E-state index in [4.69, 9.17) is 4.74 Å². The van der Waals surface area contributed by atoms with Gasteiger partial charge >= 0.3 is 5.97 Å². The Morgan fingerprint density at radius 1 is 1.23 bits per heavy atom. The van der Waals surface area contributed by atoms with Gasteiger partial charge in [-0.05, 0) is 12.8 Å². The quantitative estimate of drug-likeness (QED) is 0.345. The van der Waals surface area contributed by atoms with E-state index in [1.54, 1.807) is 0 Å². The van der Waals surface area contributed by atoms with Gasteiger partial charge < -0.3 is 4.74 Å². The van der Waals surface area contributed by atoms with Gasteiger partial charge in [0, 0.05) is 6.08 Å². The average Bonchev–Trinajstić information content (AvgIpc) is 2.13. The molecule has 2 heteroatoms. The Kier molecular flexibility index (Phi) is 8.73. The summed E-state index contributed by atoms with van der Waals surface area (Å²) in [7, 11) is 0. The van der Waals surface area contributed by atoms with Gasteiger partial charge in [0.25, 0.3) is 0 Å². The Morgan fingerprint density at radius 2 is 1.92 bits per heavy atom. The van der Waals surface area contributed by atoms with Crippen LogP contribution in [0, 0.1) is 0 Å². The maximum absolute atomic E-state index is 11.0. The molecule has 0 N–H and O–H groups in total. The minimum absolute atomic E-state index is 0.204. The molecule has 0 atom stereocenters. The first kappa shape index (κ1) is 12.2. The van der Waals surface area contributed by atoms with Gasteiger partial charge in [-0.2, -0.15) is 0 Å². The third-order valence-corrected chi connectivity index (χ3v) is 1.72. The number of allylic oxidation sites excluding steroid dienone is 1. The second kappa shape index (κ2) is 9.30. The van der Waals surface area contributed by atoms with E-state index in [2.05, 4.69) is 13.8 Å². The number of carbonyl (C=O) groups is 1. The highest BCUT2D eigenvalue weighted by atomic mass is 16.5. The molecule has 0 rings (SSSR count). The third-order valence-electron chi connectivity index (χ3n) is 1.72. The standard InChI is InChI=1S/C11H20O2/c1-3-5-7-8-9-11(12)13-10-6-4-2/h8-9H,3-7,10H2,1-2H3/b9-8+. The maximum Gasteiger partial charge on any atom is 0.330 e. The van der Waals surface area contributed by atoms with E-state index < -0.39 is 0 Å². The van der Waals surface area contributed by atoms with Crippen molar-refractivity contribution in [1.29, 1.82) is 0 Å². The van der Waals surface area contributed by atoms with Crippen molar-refractivity contribution < 1.29 is 9.53 Å². The minimum atomic E-state index is -0.204. The normalized spacial score (nSPS) is 10.6. The summed E-state index contributed by atoms with van der Waals surface area (Å²) in [5, 5.41) is 0. The molecule has 0 aromatic carbocycles. The first-order chi connectivity index (χ1) is 6.31. The molecule has 13 heavy (non-hydrogen) atoms. The van der Waals surface area contributed by atoms with E-state index in [0.29, 0.717) is 6.61 Å². The molecule has 0 aliphatic heterocycles. The van der Waals surface area contributed by atoms with Crippen molar-refractivity contribution in [2.75, 3.05) is 6.61 Å². The number of hydrogen-bond donors (Lipinski definition) is 0. The summed E-state index contributed by atoms with van der Waals surface area (Å²) in [5.74, 6) is -0.204. The van der Waals surface area contributed by atoms with Crippen molar-refractivity contribution in [1.82, 2.24) is 0 Å². The first-order valence-corrected chi connectivity index (χ1v) is 5.14. The van der Waals surface area contributed by atoms with Gasteiger partial charge in [-0.25, -0.2) is 4.79 Å². The number of rotatable bonds is 7. The molecule has 76 valence electrons. The number of esters is 1. The summed E-state index contributed by atoms with van der Waals surface area (Å²) < 4.78 is 4.94. The highest BCUT2D eigenvalue weighted by Gasteiger charge is 1.94. The van der Waals surface area contributed by atoms with Crippen molar-refractivity contribution in [2.45, 2.75) is 46.0 Å². The van der Waals surface area contributed by atoms with E-state index in [1.807, 2.05) is 6.08 Å². The van der Waals surface area contributed by atoms with Gasteiger partial charge in [0.15, 0.2) is 0 Å². The van der Waals surface area contributed by atoms with Gasteiger partial charge in [-0.3, -0.25) is 0 Å². The van der Waals surface area contributed by atoms with Gasteiger partial charge in [0.05, 0.1) is 6.61 Å². The maximum atomic E-state index is 11.0. The SMILES string of the molecule is CCCC/C=C/C(=O)OCCCC. The van der Waals surface area contributed by atoms with Crippen LogP contribution in [0.1, 0.15) is 46.0 Å². The Hall–Kier alpha value is -0.790. The van der Waals surface area contributed by atoms with E-state index in [1.165, 1.54) is 6.08 Å². The Bertz CT molecular complexity index is 150. The lowest BCUT2D eigenvalue weighted by Gasteiger charge is -1.98. The lowest BCUT2D eigenvalue weighted by atomic mass is 10.2. The van der Waals surface area contributed by atoms with Crippen molar-refractivity contribution in [3.05, 3.63) is 12.2 Å². The van der Waals surface area contributed by atoms with Crippen LogP contribution < -0.4 is 0 Å². The lowest BCUT2D eigenvalue weighted by Crippen LogP contribution is -2.01. The molecule has 0 radical (unpaired) electrons. The topological polar surface area (TPSA) is 26.3 Å². The summed E-state index contributed by atoms with van der Waals surface area (Å²) in [6, 6.07) is 0. The molecule has 0 amide bonds. The first-order valence-electron chi connectivity index (χ1n) is 5.14. The van der Waals surface area contributed by atoms with Crippen molar-refractivity contribution in [3.63, 3.8) is 0 Å². The van der Waals surface area contributed by atoms with Crippen LogP contribution in [0.2, 0.25) is 0 Å². The number of ether oxygens (including phenoxy) is 1. The summed E-state index contributed by atoms with van der Waals surface area (Å²) in [4.78, 5) is 11.0. The van der Waals surface area contributed by atoms with Gasteiger partial charge in [-0.15, -0.1) is 0 Å². The summed E-state index contributed by atoms with van der Waals surface area (Å²) >= 11 is 0. The molecule has 0 fully saturated rings. The zero-order valence-corrected chi connectivity index (χ0v) is 8.71. The largest absolute Gasteiger partial charge is 0.463 e. The molecular weight excluding hydrogens is 164 g/mol. The molecule has 0 aliphatic carbocycles. The molecule has 0 heterocycles. The molecule has 2 nitrogen and oxygen atoms in total. The van der Waals surface area contributed by atoms with E-state index in [0.717, 1.165) is 32.1 Å². The molecular formula is C11H20O2. The van der Waals surface area contributed by atoms with Crippen LogP contribution in [0.4, 0.5) is 0 Å². The highest BCUT2D eigenvalue weighted by molar-refractivity contribution is 5.81. The second-order valence-electron chi connectivity index (χ2n) is 3.07. The molecule has 0 unspecified atom stereocenters.